The first-order valence-corrected chi connectivity index (χ1v) is 13.4. The topological polar surface area (TPSA) is 73.0 Å². The minimum absolute atomic E-state index is 0.244. The Hall–Kier alpha value is -2.41. The molecule has 4 rings (SSSR count). The SMILES string of the molecule is CC1CCC(CN2CCC(c3ccc(N(C=O)C4CCC(=O)NC4=O)c(N(C)C)c3)CC2)CC1C. The molecule has 7 nitrogen and oxygen atoms in total. The first-order chi connectivity index (χ1) is 16.8. The second-order valence-corrected chi connectivity index (χ2v) is 11.3. The molecule has 0 spiro atoms. The summed E-state index contributed by atoms with van der Waals surface area (Å²) >= 11 is 0. The van der Waals surface area contributed by atoms with Gasteiger partial charge in [-0.25, -0.2) is 0 Å². The zero-order chi connectivity index (χ0) is 25.1. The fourth-order valence-electron chi connectivity index (χ4n) is 6.26. The molecule has 4 atom stereocenters. The molecule has 192 valence electrons. The molecule has 1 aliphatic carbocycles. The van der Waals surface area contributed by atoms with Crippen LogP contribution in [0.15, 0.2) is 18.2 Å². The molecule has 2 saturated heterocycles. The van der Waals surface area contributed by atoms with Crippen molar-refractivity contribution in [1.29, 1.82) is 0 Å². The van der Waals surface area contributed by atoms with Crippen LogP contribution in [0.5, 0.6) is 0 Å². The summed E-state index contributed by atoms with van der Waals surface area (Å²) in [6.07, 6.45) is 7.72. The van der Waals surface area contributed by atoms with E-state index in [9.17, 15) is 14.4 Å². The number of nitrogens with zero attached hydrogens (tertiary/aromatic N) is 3. The van der Waals surface area contributed by atoms with E-state index in [1.807, 2.05) is 25.1 Å². The summed E-state index contributed by atoms with van der Waals surface area (Å²) in [5, 5.41) is 2.37. The molecule has 1 saturated carbocycles. The Balaban J connectivity index is 1.42. The van der Waals surface area contributed by atoms with Crippen LogP contribution in [-0.4, -0.2) is 62.9 Å². The highest BCUT2D eigenvalue weighted by Gasteiger charge is 2.34. The first kappa shape index (κ1) is 25.7. The van der Waals surface area contributed by atoms with Crippen molar-refractivity contribution in [2.75, 3.05) is 43.5 Å². The van der Waals surface area contributed by atoms with Gasteiger partial charge in [0.1, 0.15) is 6.04 Å². The molecule has 0 bridgehead atoms. The van der Waals surface area contributed by atoms with Crippen LogP contribution in [0.1, 0.15) is 70.3 Å². The molecule has 0 radical (unpaired) electrons. The molecule has 1 N–H and O–H groups in total. The van der Waals surface area contributed by atoms with E-state index in [4.69, 9.17) is 0 Å². The van der Waals surface area contributed by atoms with Crippen LogP contribution in [0.4, 0.5) is 11.4 Å². The van der Waals surface area contributed by atoms with Crippen molar-refractivity contribution in [3.8, 4) is 0 Å². The van der Waals surface area contributed by atoms with Crippen LogP contribution < -0.4 is 15.1 Å². The van der Waals surface area contributed by atoms with Crippen LogP contribution in [0.2, 0.25) is 0 Å². The number of piperidine rings is 2. The van der Waals surface area contributed by atoms with Crippen LogP contribution in [0.3, 0.4) is 0 Å². The number of carbonyl (C=O) groups is 3. The summed E-state index contributed by atoms with van der Waals surface area (Å²) in [4.78, 5) is 42.2. The summed E-state index contributed by atoms with van der Waals surface area (Å²) in [7, 11) is 3.93. The Morgan fingerprint density at radius 3 is 2.37 bits per heavy atom. The van der Waals surface area contributed by atoms with Gasteiger partial charge in [-0.3, -0.25) is 19.7 Å². The number of nitrogens with one attached hydrogen (secondary N) is 1. The number of likely N-dealkylation sites (tertiary alicyclic amines) is 1. The van der Waals surface area contributed by atoms with Gasteiger partial charge in [-0.05, 0) is 86.6 Å². The van der Waals surface area contributed by atoms with Crippen molar-refractivity contribution in [3.05, 3.63) is 23.8 Å². The van der Waals surface area contributed by atoms with E-state index >= 15 is 0 Å². The molecule has 1 aromatic carbocycles. The summed E-state index contributed by atoms with van der Waals surface area (Å²) in [5.41, 5.74) is 2.93. The molecule has 35 heavy (non-hydrogen) atoms. The third-order valence-electron chi connectivity index (χ3n) is 8.70. The number of amides is 3. The fraction of sp³-hybridized carbons (Fsp3) is 0.679. The number of anilines is 2. The van der Waals surface area contributed by atoms with Gasteiger partial charge in [0.15, 0.2) is 0 Å². The van der Waals surface area contributed by atoms with Gasteiger partial charge in [0.25, 0.3) is 0 Å². The van der Waals surface area contributed by atoms with Gasteiger partial charge in [0, 0.05) is 27.1 Å². The van der Waals surface area contributed by atoms with E-state index in [1.165, 1.54) is 36.3 Å². The molecule has 7 heteroatoms. The lowest BCUT2D eigenvalue weighted by Crippen LogP contribution is -2.52. The molecular formula is C28H42N4O3. The van der Waals surface area contributed by atoms with Gasteiger partial charge in [-0.1, -0.05) is 26.3 Å². The second-order valence-electron chi connectivity index (χ2n) is 11.3. The van der Waals surface area contributed by atoms with Crippen LogP contribution >= 0.6 is 0 Å². The standard InChI is InChI=1S/C28H42N4O3/c1-19-5-6-21(15-20(19)2)17-31-13-11-22(12-14-31)23-7-8-24(26(16-23)30(3)4)32(18-33)25-9-10-27(34)29-28(25)35/h7-8,16,18-22,25H,5-6,9-15,17H2,1-4H3,(H,29,34,35). The zero-order valence-corrected chi connectivity index (χ0v) is 21.8. The van der Waals surface area contributed by atoms with Gasteiger partial charge in [-0.2, -0.15) is 0 Å². The Labute approximate surface area is 210 Å². The predicted molar refractivity (Wildman–Crippen MR) is 140 cm³/mol. The van der Waals surface area contributed by atoms with Gasteiger partial charge in [0.2, 0.25) is 18.2 Å². The minimum Gasteiger partial charge on any atom is -0.376 e. The number of hydrogen-bond acceptors (Lipinski definition) is 5. The van der Waals surface area contributed by atoms with E-state index in [0.717, 1.165) is 49.4 Å². The smallest absolute Gasteiger partial charge is 0.249 e. The lowest BCUT2D eigenvalue weighted by Gasteiger charge is -2.38. The Kier molecular flexibility index (Phi) is 8.15. The molecule has 2 heterocycles. The van der Waals surface area contributed by atoms with E-state index in [2.05, 4.69) is 36.2 Å². The van der Waals surface area contributed by atoms with Crippen molar-refractivity contribution in [2.24, 2.45) is 17.8 Å². The van der Waals surface area contributed by atoms with Crippen molar-refractivity contribution in [3.63, 3.8) is 0 Å². The number of imide groups is 1. The van der Waals surface area contributed by atoms with Crippen molar-refractivity contribution < 1.29 is 14.4 Å². The van der Waals surface area contributed by atoms with Gasteiger partial charge in [-0.15, -0.1) is 0 Å². The Morgan fingerprint density at radius 2 is 1.74 bits per heavy atom. The summed E-state index contributed by atoms with van der Waals surface area (Å²) in [6, 6.07) is 5.61. The molecule has 2 aliphatic heterocycles. The molecular weight excluding hydrogens is 440 g/mol. The maximum absolute atomic E-state index is 12.4. The third-order valence-corrected chi connectivity index (χ3v) is 8.70. The molecule has 4 unspecified atom stereocenters. The Morgan fingerprint density at radius 1 is 1.00 bits per heavy atom. The van der Waals surface area contributed by atoms with E-state index in [1.54, 1.807) is 0 Å². The van der Waals surface area contributed by atoms with Gasteiger partial charge >= 0.3 is 0 Å². The molecule has 3 aliphatic rings. The quantitative estimate of drug-likeness (QED) is 0.473. The van der Waals surface area contributed by atoms with Crippen LogP contribution in [0, 0.1) is 17.8 Å². The molecule has 1 aromatic rings. The summed E-state index contributed by atoms with van der Waals surface area (Å²) in [5.74, 6) is 2.38. The average molecular weight is 483 g/mol. The number of hydrogen-bond donors (Lipinski definition) is 1. The predicted octanol–water partition coefficient (Wildman–Crippen LogP) is 3.77. The third kappa shape index (κ3) is 5.88. The Bertz CT molecular complexity index is 925. The summed E-state index contributed by atoms with van der Waals surface area (Å²) < 4.78 is 0. The lowest BCUT2D eigenvalue weighted by atomic mass is 9.75. The zero-order valence-electron chi connectivity index (χ0n) is 21.8. The highest BCUT2D eigenvalue weighted by molar-refractivity contribution is 6.04. The van der Waals surface area contributed by atoms with E-state index in [0.29, 0.717) is 24.4 Å². The number of rotatable bonds is 7. The first-order valence-electron chi connectivity index (χ1n) is 13.4. The number of carbonyl (C=O) groups excluding carboxylic acids is 3. The lowest BCUT2D eigenvalue weighted by molar-refractivity contribution is -0.134. The second kappa shape index (κ2) is 11.1. The highest BCUT2D eigenvalue weighted by atomic mass is 16.2. The van der Waals surface area contributed by atoms with E-state index < -0.39 is 11.9 Å². The average Bonchev–Trinajstić information content (AvgIpc) is 2.84. The van der Waals surface area contributed by atoms with Crippen molar-refractivity contribution in [1.82, 2.24) is 10.2 Å². The van der Waals surface area contributed by atoms with Gasteiger partial charge < -0.3 is 14.7 Å². The maximum Gasteiger partial charge on any atom is 0.249 e. The number of benzene rings is 1. The fourth-order valence-corrected chi connectivity index (χ4v) is 6.26. The largest absolute Gasteiger partial charge is 0.376 e. The van der Waals surface area contributed by atoms with E-state index in [-0.39, 0.29) is 12.3 Å². The van der Waals surface area contributed by atoms with Gasteiger partial charge in [0.05, 0.1) is 11.4 Å². The summed E-state index contributed by atoms with van der Waals surface area (Å²) in [6.45, 7) is 8.34. The maximum atomic E-state index is 12.4. The molecule has 3 fully saturated rings. The van der Waals surface area contributed by atoms with Crippen molar-refractivity contribution >= 4 is 29.6 Å². The van der Waals surface area contributed by atoms with Crippen LogP contribution in [-0.2, 0) is 14.4 Å². The monoisotopic (exact) mass is 482 g/mol. The van der Waals surface area contributed by atoms with Crippen LogP contribution in [0.25, 0.3) is 0 Å². The van der Waals surface area contributed by atoms with Crippen molar-refractivity contribution in [2.45, 2.75) is 70.8 Å². The highest BCUT2D eigenvalue weighted by Crippen LogP contribution is 2.38. The molecule has 0 aromatic heterocycles. The minimum atomic E-state index is -0.663. The molecule has 3 amide bonds. The normalized spacial score (nSPS) is 28.5.